The van der Waals surface area contributed by atoms with Gasteiger partial charge in [-0.1, -0.05) is 17.7 Å². The van der Waals surface area contributed by atoms with E-state index in [2.05, 4.69) is 26.2 Å². The first-order valence-corrected chi connectivity index (χ1v) is 6.19. The van der Waals surface area contributed by atoms with E-state index in [1.165, 1.54) is 0 Å². The molecule has 0 spiro atoms. The fourth-order valence-corrected chi connectivity index (χ4v) is 1.92. The topological polar surface area (TPSA) is 50.9 Å². The van der Waals surface area contributed by atoms with Gasteiger partial charge in [-0.05, 0) is 47.1 Å². The van der Waals surface area contributed by atoms with Crippen LogP contribution in [0.2, 0.25) is 5.02 Å². The van der Waals surface area contributed by atoms with Crippen molar-refractivity contribution in [2.75, 3.05) is 11.1 Å². The standard InChI is InChI=1S/C12H11BrClN3/c1-7-9(15)5-6-11(16-7)17-10-4-2-3-8(14)12(10)13/h2-6H,15H2,1H3,(H,16,17). The van der Waals surface area contributed by atoms with Gasteiger partial charge in [0, 0.05) is 0 Å². The molecule has 0 atom stereocenters. The summed E-state index contributed by atoms with van der Waals surface area (Å²) in [7, 11) is 0. The molecule has 0 fully saturated rings. The Bertz CT molecular complexity index is 557. The first-order chi connectivity index (χ1) is 8.08. The second kappa shape index (κ2) is 4.94. The molecule has 0 unspecified atom stereocenters. The normalized spacial score (nSPS) is 10.3. The number of hydrogen-bond acceptors (Lipinski definition) is 3. The van der Waals surface area contributed by atoms with Crippen molar-refractivity contribution in [1.29, 1.82) is 0 Å². The Kier molecular flexibility index (Phi) is 3.54. The van der Waals surface area contributed by atoms with Crippen LogP contribution in [-0.4, -0.2) is 4.98 Å². The third-order valence-corrected chi connectivity index (χ3v) is 3.74. The largest absolute Gasteiger partial charge is 0.397 e. The Morgan fingerprint density at radius 1 is 1.29 bits per heavy atom. The summed E-state index contributed by atoms with van der Waals surface area (Å²) >= 11 is 9.43. The number of rotatable bonds is 2. The molecule has 0 aliphatic heterocycles. The molecule has 1 aromatic carbocycles. The Morgan fingerprint density at radius 3 is 2.76 bits per heavy atom. The molecule has 0 saturated carbocycles. The summed E-state index contributed by atoms with van der Waals surface area (Å²) in [5.41, 5.74) is 8.07. The Morgan fingerprint density at radius 2 is 2.06 bits per heavy atom. The Hall–Kier alpha value is -1.26. The van der Waals surface area contributed by atoms with E-state index in [0.717, 1.165) is 21.7 Å². The Balaban J connectivity index is 2.31. The third-order valence-electron chi connectivity index (χ3n) is 2.34. The average molecular weight is 313 g/mol. The highest BCUT2D eigenvalue weighted by Gasteiger charge is 2.05. The zero-order valence-corrected chi connectivity index (χ0v) is 11.5. The average Bonchev–Trinajstić information content (AvgIpc) is 2.30. The van der Waals surface area contributed by atoms with Crippen LogP contribution in [0.3, 0.4) is 0 Å². The van der Waals surface area contributed by atoms with Gasteiger partial charge in [0.1, 0.15) is 5.82 Å². The number of nitrogens with two attached hydrogens (primary N) is 1. The van der Waals surface area contributed by atoms with E-state index in [9.17, 15) is 0 Å². The van der Waals surface area contributed by atoms with E-state index >= 15 is 0 Å². The first-order valence-electron chi connectivity index (χ1n) is 5.02. The van der Waals surface area contributed by atoms with Gasteiger partial charge < -0.3 is 11.1 Å². The van der Waals surface area contributed by atoms with Crippen molar-refractivity contribution < 1.29 is 0 Å². The highest BCUT2D eigenvalue weighted by atomic mass is 79.9. The van der Waals surface area contributed by atoms with Gasteiger partial charge in [-0.3, -0.25) is 0 Å². The number of hydrogen-bond donors (Lipinski definition) is 2. The molecule has 3 N–H and O–H groups in total. The van der Waals surface area contributed by atoms with Crippen LogP contribution in [0.4, 0.5) is 17.2 Å². The maximum atomic E-state index is 6.01. The fourth-order valence-electron chi connectivity index (χ4n) is 1.38. The van der Waals surface area contributed by atoms with Crippen LogP contribution < -0.4 is 11.1 Å². The van der Waals surface area contributed by atoms with Crippen molar-refractivity contribution in [1.82, 2.24) is 4.98 Å². The highest BCUT2D eigenvalue weighted by Crippen LogP contribution is 2.31. The van der Waals surface area contributed by atoms with Gasteiger partial charge in [0.15, 0.2) is 0 Å². The number of anilines is 3. The van der Waals surface area contributed by atoms with E-state index in [1.807, 2.05) is 37.3 Å². The number of nitrogen functional groups attached to an aromatic ring is 1. The van der Waals surface area contributed by atoms with Gasteiger partial charge in [0.25, 0.3) is 0 Å². The zero-order chi connectivity index (χ0) is 12.4. The molecule has 0 bridgehead atoms. The lowest BCUT2D eigenvalue weighted by Crippen LogP contribution is -1.98. The predicted molar refractivity (Wildman–Crippen MR) is 75.8 cm³/mol. The summed E-state index contributed by atoms with van der Waals surface area (Å²) in [6, 6.07) is 9.26. The molecule has 0 radical (unpaired) electrons. The number of benzene rings is 1. The monoisotopic (exact) mass is 311 g/mol. The van der Waals surface area contributed by atoms with Crippen LogP contribution in [0.15, 0.2) is 34.8 Å². The number of aryl methyl sites for hydroxylation is 1. The highest BCUT2D eigenvalue weighted by molar-refractivity contribution is 9.10. The van der Waals surface area contributed by atoms with Crippen LogP contribution in [0.5, 0.6) is 0 Å². The summed E-state index contributed by atoms with van der Waals surface area (Å²) < 4.78 is 0.818. The SMILES string of the molecule is Cc1nc(Nc2cccc(Cl)c2Br)ccc1N. The number of aromatic nitrogens is 1. The van der Waals surface area contributed by atoms with Crippen LogP contribution in [0.25, 0.3) is 0 Å². The number of nitrogens with zero attached hydrogens (tertiary/aromatic N) is 1. The van der Waals surface area contributed by atoms with Crippen molar-refractivity contribution >= 4 is 44.7 Å². The van der Waals surface area contributed by atoms with Crippen LogP contribution in [-0.2, 0) is 0 Å². The summed E-state index contributed by atoms with van der Waals surface area (Å²) in [5, 5.41) is 3.84. The lowest BCUT2D eigenvalue weighted by molar-refractivity contribution is 1.20. The molecule has 3 nitrogen and oxygen atoms in total. The van der Waals surface area contributed by atoms with E-state index in [1.54, 1.807) is 0 Å². The van der Waals surface area contributed by atoms with E-state index in [0.29, 0.717) is 10.7 Å². The molecule has 0 aliphatic rings. The lowest BCUT2D eigenvalue weighted by Gasteiger charge is -2.10. The Labute approximate surface area is 113 Å². The van der Waals surface area contributed by atoms with Crippen LogP contribution in [0.1, 0.15) is 5.69 Å². The minimum Gasteiger partial charge on any atom is -0.397 e. The van der Waals surface area contributed by atoms with Crippen molar-refractivity contribution in [3.63, 3.8) is 0 Å². The number of pyridine rings is 1. The van der Waals surface area contributed by atoms with Gasteiger partial charge in [-0.15, -0.1) is 0 Å². The van der Waals surface area contributed by atoms with Crippen molar-refractivity contribution in [3.8, 4) is 0 Å². The van der Waals surface area contributed by atoms with Gasteiger partial charge in [0.05, 0.1) is 26.6 Å². The number of nitrogens with one attached hydrogen (secondary N) is 1. The molecular weight excluding hydrogens is 302 g/mol. The van der Waals surface area contributed by atoms with Gasteiger partial charge in [0.2, 0.25) is 0 Å². The molecule has 1 aromatic heterocycles. The summed E-state index contributed by atoms with van der Waals surface area (Å²) in [4.78, 5) is 4.34. The van der Waals surface area contributed by atoms with Crippen LogP contribution >= 0.6 is 27.5 Å². The third kappa shape index (κ3) is 2.70. The van der Waals surface area contributed by atoms with Crippen molar-refractivity contribution in [2.24, 2.45) is 0 Å². The summed E-state index contributed by atoms with van der Waals surface area (Å²) in [5.74, 6) is 0.736. The molecule has 0 amide bonds. The predicted octanol–water partition coefficient (Wildman–Crippen LogP) is 4.13. The number of halogens is 2. The summed E-state index contributed by atoms with van der Waals surface area (Å²) in [6.45, 7) is 1.87. The molecule has 17 heavy (non-hydrogen) atoms. The second-order valence-electron chi connectivity index (χ2n) is 3.60. The molecule has 1 heterocycles. The fraction of sp³-hybridized carbons (Fsp3) is 0.0833. The minimum absolute atomic E-state index is 0.655. The van der Waals surface area contributed by atoms with Gasteiger partial charge >= 0.3 is 0 Å². The molecule has 5 heteroatoms. The second-order valence-corrected chi connectivity index (χ2v) is 4.80. The van der Waals surface area contributed by atoms with E-state index in [4.69, 9.17) is 17.3 Å². The van der Waals surface area contributed by atoms with Gasteiger partial charge in [-0.2, -0.15) is 0 Å². The maximum Gasteiger partial charge on any atom is 0.130 e. The molecule has 88 valence electrons. The van der Waals surface area contributed by atoms with Crippen molar-refractivity contribution in [3.05, 3.63) is 45.5 Å². The van der Waals surface area contributed by atoms with E-state index in [-0.39, 0.29) is 0 Å². The molecule has 2 aromatic rings. The first kappa shape index (κ1) is 12.2. The van der Waals surface area contributed by atoms with Crippen LogP contribution in [0, 0.1) is 6.92 Å². The minimum atomic E-state index is 0.655. The quantitative estimate of drug-likeness (QED) is 0.876. The smallest absolute Gasteiger partial charge is 0.130 e. The molecule has 0 saturated heterocycles. The molecule has 0 aliphatic carbocycles. The van der Waals surface area contributed by atoms with Crippen molar-refractivity contribution in [2.45, 2.75) is 6.92 Å². The lowest BCUT2D eigenvalue weighted by atomic mass is 10.3. The maximum absolute atomic E-state index is 6.01. The molecular formula is C12H11BrClN3. The molecule has 2 rings (SSSR count). The van der Waals surface area contributed by atoms with E-state index < -0.39 is 0 Å². The summed E-state index contributed by atoms with van der Waals surface area (Å²) in [6.07, 6.45) is 0. The van der Waals surface area contributed by atoms with Gasteiger partial charge in [-0.25, -0.2) is 4.98 Å². The zero-order valence-electron chi connectivity index (χ0n) is 9.17.